The van der Waals surface area contributed by atoms with E-state index in [2.05, 4.69) is 34.6 Å². The van der Waals surface area contributed by atoms with Gasteiger partial charge < -0.3 is 5.73 Å². The molecule has 0 aromatic heterocycles. The van der Waals surface area contributed by atoms with Crippen LogP contribution in [0.1, 0.15) is 60.3 Å². The van der Waals surface area contributed by atoms with Gasteiger partial charge in [0.25, 0.3) is 0 Å². The summed E-state index contributed by atoms with van der Waals surface area (Å²) in [6.45, 7) is 11.3. The molecule has 0 spiro atoms. The molecule has 1 heteroatoms. The Hall–Kier alpha value is -0.0400. The van der Waals surface area contributed by atoms with E-state index in [4.69, 9.17) is 5.73 Å². The van der Waals surface area contributed by atoms with E-state index in [0.717, 1.165) is 12.3 Å². The molecule has 0 aliphatic carbocycles. The molecule has 0 aromatic carbocycles. The van der Waals surface area contributed by atoms with Crippen LogP contribution in [0.3, 0.4) is 0 Å². The molecule has 13 heavy (non-hydrogen) atoms. The van der Waals surface area contributed by atoms with E-state index in [1.54, 1.807) is 0 Å². The van der Waals surface area contributed by atoms with Crippen molar-refractivity contribution in [2.24, 2.45) is 17.6 Å². The zero-order chi connectivity index (χ0) is 10.5. The van der Waals surface area contributed by atoms with E-state index < -0.39 is 0 Å². The highest BCUT2D eigenvalue weighted by molar-refractivity contribution is 4.87. The summed E-state index contributed by atoms with van der Waals surface area (Å²) < 4.78 is 0. The lowest BCUT2D eigenvalue weighted by atomic mass is 9.73. The van der Waals surface area contributed by atoms with E-state index in [1.807, 2.05) is 0 Å². The minimum atomic E-state index is 0.0332. The zero-order valence-corrected chi connectivity index (χ0v) is 10.1. The molecule has 0 bridgehead atoms. The number of hydrogen-bond donors (Lipinski definition) is 1. The van der Waals surface area contributed by atoms with Crippen LogP contribution in [0, 0.1) is 11.8 Å². The molecule has 0 aliphatic rings. The third-order valence-electron chi connectivity index (χ3n) is 3.54. The van der Waals surface area contributed by atoms with Gasteiger partial charge in [0, 0.05) is 5.54 Å². The van der Waals surface area contributed by atoms with Gasteiger partial charge in [0.2, 0.25) is 0 Å². The van der Waals surface area contributed by atoms with Gasteiger partial charge in [-0.05, 0) is 31.6 Å². The van der Waals surface area contributed by atoms with E-state index in [1.165, 1.54) is 19.3 Å². The highest BCUT2D eigenvalue weighted by Gasteiger charge is 2.30. The molecule has 0 aromatic rings. The van der Waals surface area contributed by atoms with Gasteiger partial charge in [-0.2, -0.15) is 0 Å². The van der Waals surface area contributed by atoms with E-state index in [0.29, 0.717) is 5.92 Å². The third-order valence-corrected chi connectivity index (χ3v) is 3.54. The molecule has 3 atom stereocenters. The number of nitrogens with two attached hydrogens (primary N) is 1. The minimum Gasteiger partial charge on any atom is -0.325 e. The van der Waals surface area contributed by atoms with Crippen molar-refractivity contribution in [2.45, 2.75) is 65.8 Å². The summed E-state index contributed by atoms with van der Waals surface area (Å²) in [4.78, 5) is 0. The standard InChI is InChI=1S/C12H27N/c1-6-9-11(10(4)7-2)12(5,13)8-3/h10-11H,6-9,13H2,1-5H3. The predicted molar refractivity (Wildman–Crippen MR) is 60.7 cm³/mol. The first-order chi connectivity index (χ1) is 5.99. The first-order valence-corrected chi connectivity index (χ1v) is 5.78. The van der Waals surface area contributed by atoms with Crippen LogP contribution >= 0.6 is 0 Å². The highest BCUT2D eigenvalue weighted by atomic mass is 14.7. The monoisotopic (exact) mass is 185 g/mol. The molecule has 3 unspecified atom stereocenters. The van der Waals surface area contributed by atoms with Gasteiger partial charge in [0.15, 0.2) is 0 Å². The van der Waals surface area contributed by atoms with Crippen LogP contribution in [-0.4, -0.2) is 5.54 Å². The predicted octanol–water partition coefficient (Wildman–Crippen LogP) is 3.58. The van der Waals surface area contributed by atoms with Gasteiger partial charge in [-0.15, -0.1) is 0 Å². The van der Waals surface area contributed by atoms with Crippen molar-refractivity contribution in [2.75, 3.05) is 0 Å². The fraction of sp³-hybridized carbons (Fsp3) is 1.00. The second kappa shape index (κ2) is 5.64. The van der Waals surface area contributed by atoms with Gasteiger partial charge >= 0.3 is 0 Å². The molecule has 0 saturated carbocycles. The Morgan fingerprint density at radius 1 is 1.23 bits per heavy atom. The summed E-state index contributed by atoms with van der Waals surface area (Å²) in [5.74, 6) is 1.45. The topological polar surface area (TPSA) is 26.0 Å². The summed E-state index contributed by atoms with van der Waals surface area (Å²) in [7, 11) is 0. The maximum atomic E-state index is 6.32. The van der Waals surface area contributed by atoms with Gasteiger partial charge in [-0.1, -0.05) is 40.5 Å². The van der Waals surface area contributed by atoms with Crippen LogP contribution in [0.4, 0.5) is 0 Å². The summed E-state index contributed by atoms with van der Waals surface area (Å²) in [6, 6.07) is 0. The first kappa shape index (κ1) is 13.0. The van der Waals surface area contributed by atoms with E-state index in [9.17, 15) is 0 Å². The summed E-state index contributed by atoms with van der Waals surface area (Å²) >= 11 is 0. The lowest BCUT2D eigenvalue weighted by Gasteiger charge is -2.37. The van der Waals surface area contributed by atoms with Crippen molar-refractivity contribution in [3.05, 3.63) is 0 Å². The molecule has 2 N–H and O–H groups in total. The maximum absolute atomic E-state index is 6.32. The summed E-state index contributed by atoms with van der Waals surface area (Å²) in [5.41, 5.74) is 6.36. The molecule has 0 amide bonds. The Bertz CT molecular complexity index is 129. The van der Waals surface area contributed by atoms with Crippen molar-refractivity contribution >= 4 is 0 Å². The fourth-order valence-corrected chi connectivity index (χ4v) is 2.12. The largest absolute Gasteiger partial charge is 0.325 e. The summed E-state index contributed by atoms with van der Waals surface area (Å²) in [5, 5.41) is 0. The molecule has 0 aliphatic heterocycles. The Balaban J connectivity index is 4.39. The molecule has 80 valence electrons. The van der Waals surface area contributed by atoms with E-state index >= 15 is 0 Å². The van der Waals surface area contributed by atoms with Gasteiger partial charge in [-0.3, -0.25) is 0 Å². The Labute approximate surface area is 84.1 Å². The fourth-order valence-electron chi connectivity index (χ4n) is 2.12. The quantitative estimate of drug-likeness (QED) is 0.672. The Morgan fingerprint density at radius 2 is 1.77 bits per heavy atom. The highest BCUT2D eigenvalue weighted by Crippen LogP contribution is 2.31. The first-order valence-electron chi connectivity index (χ1n) is 5.78. The lowest BCUT2D eigenvalue weighted by molar-refractivity contribution is 0.188. The molecule has 1 nitrogen and oxygen atoms in total. The normalized spacial score (nSPS) is 20.8. The SMILES string of the molecule is CCCC(C(C)CC)C(C)(N)CC. The molecule has 0 heterocycles. The van der Waals surface area contributed by atoms with Crippen molar-refractivity contribution in [3.8, 4) is 0 Å². The van der Waals surface area contributed by atoms with Crippen LogP contribution in [0.2, 0.25) is 0 Å². The van der Waals surface area contributed by atoms with Crippen LogP contribution < -0.4 is 5.73 Å². The second-order valence-electron chi connectivity index (χ2n) is 4.64. The molecule has 0 radical (unpaired) electrons. The molecule has 0 rings (SSSR count). The van der Waals surface area contributed by atoms with Crippen molar-refractivity contribution in [3.63, 3.8) is 0 Å². The number of hydrogen-bond acceptors (Lipinski definition) is 1. The summed E-state index contributed by atoms with van der Waals surface area (Å²) in [6.07, 6.45) is 4.86. The van der Waals surface area contributed by atoms with Gasteiger partial charge in [-0.25, -0.2) is 0 Å². The van der Waals surface area contributed by atoms with Crippen LogP contribution in [-0.2, 0) is 0 Å². The maximum Gasteiger partial charge on any atom is 0.0154 e. The molecular formula is C12H27N. The number of rotatable bonds is 6. The molecule has 0 fully saturated rings. The molecule has 0 saturated heterocycles. The average Bonchev–Trinajstić information content (AvgIpc) is 2.12. The van der Waals surface area contributed by atoms with Crippen molar-refractivity contribution < 1.29 is 0 Å². The van der Waals surface area contributed by atoms with Gasteiger partial charge in [0.05, 0.1) is 0 Å². The lowest BCUT2D eigenvalue weighted by Crippen LogP contribution is -2.46. The Morgan fingerprint density at radius 3 is 2.08 bits per heavy atom. The second-order valence-corrected chi connectivity index (χ2v) is 4.64. The zero-order valence-electron chi connectivity index (χ0n) is 10.1. The van der Waals surface area contributed by atoms with Gasteiger partial charge in [0.1, 0.15) is 0 Å². The average molecular weight is 185 g/mol. The van der Waals surface area contributed by atoms with Crippen molar-refractivity contribution in [1.82, 2.24) is 0 Å². The Kier molecular flexibility index (Phi) is 5.62. The van der Waals surface area contributed by atoms with E-state index in [-0.39, 0.29) is 5.54 Å². The van der Waals surface area contributed by atoms with Crippen LogP contribution in [0.5, 0.6) is 0 Å². The van der Waals surface area contributed by atoms with Crippen LogP contribution in [0.25, 0.3) is 0 Å². The third kappa shape index (κ3) is 3.68. The molecular weight excluding hydrogens is 158 g/mol. The van der Waals surface area contributed by atoms with Crippen LogP contribution in [0.15, 0.2) is 0 Å². The van der Waals surface area contributed by atoms with Crippen molar-refractivity contribution in [1.29, 1.82) is 0 Å². The smallest absolute Gasteiger partial charge is 0.0154 e. The minimum absolute atomic E-state index is 0.0332.